The maximum Gasteiger partial charge on any atom is 0.147 e. The fraction of sp³-hybridized carbons (Fsp3) is 0.425. The van der Waals surface area contributed by atoms with Crippen LogP contribution in [0.25, 0.3) is 44.9 Å². The number of para-hydroxylation sites is 1. The molecule has 0 fully saturated rings. The van der Waals surface area contributed by atoms with E-state index in [0.717, 1.165) is 90.5 Å². The Hall–Kier alpha value is -7.00. The monoisotopic (exact) mass is 1110 g/mol. The van der Waals surface area contributed by atoms with Gasteiger partial charge in [0.2, 0.25) is 0 Å². The smallest absolute Gasteiger partial charge is 0.147 e. The first-order chi connectivity index (χ1) is 39.7. The Bertz CT molecular complexity index is 3370. The van der Waals surface area contributed by atoms with Crippen LogP contribution < -0.4 is 20.1 Å². The van der Waals surface area contributed by atoms with Crippen molar-refractivity contribution in [2.75, 3.05) is 23.8 Å². The van der Waals surface area contributed by atoms with Crippen molar-refractivity contribution in [2.24, 2.45) is 0 Å². The minimum absolute atomic E-state index is 0.00421. The maximum atomic E-state index is 15.6. The molecule has 0 bridgehead atoms. The molecular formula is C73H89F2N3O4. The van der Waals surface area contributed by atoms with Gasteiger partial charge in [0.25, 0.3) is 0 Å². The number of benzene rings is 5. The predicted molar refractivity (Wildman–Crippen MR) is 339 cm³/mol. The summed E-state index contributed by atoms with van der Waals surface area (Å²) in [4.78, 5) is 2.33. The van der Waals surface area contributed by atoms with Crippen molar-refractivity contribution in [3.63, 3.8) is 0 Å². The summed E-state index contributed by atoms with van der Waals surface area (Å²) in [5, 5.41) is 26.2. The van der Waals surface area contributed by atoms with Gasteiger partial charge in [-0.1, -0.05) is 167 Å². The number of rotatable bonds is 28. The number of nitrogen functional groups attached to an aromatic ring is 1. The number of nitrogens with two attached hydrogens (primary N) is 1. The Morgan fingerprint density at radius 2 is 1.20 bits per heavy atom. The molecule has 2 heterocycles. The van der Waals surface area contributed by atoms with Gasteiger partial charge in [0, 0.05) is 33.3 Å². The molecule has 7 nitrogen and oxygen atoms in total. The highest BCUT2D eigenvalue weighted by atomic mass is 19.1. The molecule has 1 atom stereocenters. The molecule has 434 valence electrons. The van der Waals surface area contributed by atoms with E-state index in [0.29, 0.717) is 64.6 Å². The number of unbranched alkanes of at least 4 members (excludes halogenated alkanes) is 11. The number of halogens is 2. The average Bonchev–Trinajstić information content (AvgIpc) is 4.15. The first-order valence-electron chi connectivity index (χ1n) is 30.9. The highest BCUT2D eigenvalue weighted by Crippen LogP contribution is 2.52. The normalized spacial score (nSPS) is 15.3. The van der Waals surface area contributed by atoms with Gasteiger partial charge < -0.3 is 34.9 Å². The van der Waals surface area contributed by atoms with Crippen LogP contribution in [0.2, 0.25) is 0 Å². The highest BCUT2D eigenvalue weighted by Gasteiger charge is 2.39. The van der Waals surface area contributed by atoms with Crippen LogP contribution in [0.4, 0.5) is 20.2 Å². The predicted octanol–water partition coefficient (Wildman–Crippen LogP) is 20.2. The largest absolute Gasteiger partial charge is 0.505 e. The van der Waals surface area contributed by atoms with Crippen molar-refractivity contribution in [3.8, 4) is 50.9 Å². The zero-order chi connectivity index (χ0) is 58.0. The number of hydrogen-bond acceptors (Lipinski definition) is 6. The Morgan fingerprint density at radius 1 is 0.646 bits per heavy atom. The number of hydrogen-bond donors (Lipinski definition) is 3. The van der Waals surface area contributed by atoms with Gasteiger partial charge >= 0.3 is 0 Å². The summed E-state index contributed by atoms with van der Waals surface area (Å²) in [6.07, 6.45) is 35.1. The summed E-state index contributed by atoms with van der Waals surface area (Å²) >= 11 is 0. The van der Waals surface area contributed by atoms with Crippen LogP contribution in [-0.4, -0.2) is 34.0 Å². The lowest BCUT2D eigenvalue weighted by atomic mass is 9.78. The fourth-order valence-corrected chi connectivity index (χ4v) is 12.7. The molecule has 6 aromatic rings. The van der Waals surface area contributed by atoms with E-state index in [4.69, 9.17) is 15.2 Å². The van der Waals surface area contributed by atoms with Crippen molar-refractivity contribution in [2.45, 2.75) is 187 Å². The third-order valence-corrected chi connectivity index (χ3v) is 17.5. The Morgan fingerprint density at radius 3 is 1.78 bits per heavy atom. The van der Waals surface area contributed by atoms with Crippen molar-refractivity contribution in [3.05, 3.63) is 167 Å². The number of allylic oxidation sites excluding steroid dienone is 5. The highest BCUT2D eigenvalue weighted by molar-refractivity contribution is 5.99. The van der Waals surface area contributed by atoms with Crippen LogP contribution in [0.5, 0.6) is 23.0 Å². The molecule has 1 aliphatic heterocycles. The number of phenolic OH excluding ortho intramolecular Hbond substituents is 2. The lowest BCUT2D eigenvalue weighted by Crippen LogP contribution is -2.31. The van der Waals surface area contributed by atoms with Gasteiger partial charge in [0.05, 0.1) is 47.5 Å². The average molecular weight is 1110 g/mol. The molecule has 5 aromatic carbocycles. The summed E-state index contributed by atoms with van der Waals surface area (Å²) in [6, 6.07) is 25.4. The third kappa shape index (κ3) is 13.1. The summed E-state index contributed by atoms with van der Waals surface area (Å²) < 4.78 is 46.4. The van der Waals surface area contributed by atoms with Crippen LogP contribution in [0, 0.1) is 11.6 Å². The van der Waals surface area contributed by atoms with Crippen LogP contribution in [-0.2, 0) is 10.8 Å². The van der Waals surface area contributed by atoms with Crippen molar-refractivity contribution in [1.29, 1.82) is 0 Å². The van der Waals surface area contributed by atoms with Crippen LogP contribution >= 0.6 is 0 Å². The molecule has 0 saturated carbocycles. The second-order valence-electron chi connectivity index (χ2n) is 24.4. The number of fused-ring (bicyclic) bond motifs is 3. The minimum atomic E-state index is -0.445. The van der Waals surface area contributed by atoms with Crippen molar-refractivity contribution < 1.29 is 28.5 Å². The topological polar surface area (TPSA) is 93.1 Å². The van der Waals surface area contributed by atoms with E-state index >= 15 is 8.78 Å². The van der Waals surface area contributed by atoms with Crippen LogP contribution in [0.3, 0.4) is 0 Å². The number of anilines is 2. The Kier molecular flexibility index (Phi) is 19.6. The molecule has 0 spiro atoms. The van der Waals surface area contributed by atoms with Gasteiger partial charge in [-0.25, -0.2) is 8.78 Å². The number of nitrogens with zero attached hydrogens (tertiary/aromatic N) is 2. The second-order valence-corrected chi connectivity index (χ2v) is 24.4. The van der Waals surface area contributed by atoms with Gasteiger partial charge in [-0.05, 0) is 164 Å². The summed E-state index contributed by atoms with van der Waals surface area (Å²) in [6.45, 7) is 16.1. The molecule has 3 aliphatic rings. The summed E-state index contributed by atoms with van der Waals surface area (Å²) in [5.74, 6) is 0.171. The molecule has 9 rings (SSSR count). The molecule has 82 heavy (non-hydrogen) atoms. The van der Waals surface area contributed by atoms with Gasteiger partial charge in [-0.3, -0.25) is 0 Å². The number of aromatic nitrogens is 1. The lowest BCUT2D eigenvalue weighted by Gasteiger charge is -2.34. The van der Waals surface area contributed by atoms with Crippen LogP contribution in [0.15, 0.2) is 138 Å². The van der Waals surface area contributed by atoms with Crippen LogP contribution in [0.1, 0.15) is 187 Å². The van der Waals surface area contributed by atoms with Gasteiger partial charge in [-0.2, -0.15) is 0 Å². The van der Waals surface area contributed by atoms with Gasteiger partial charge in [0.15, 0.2) is 0 Å². The van der Waals surface area contributed by atoms with E-state index in [2.05, 4.69) is 95.0 Å². The Labute approximate surface area is 488 Å². The number of phenols is 2. The minimum Gasteiger partial charge on any atom is -0.505 e. The summed E-state index contributed by atoms with van der Waals surface area (Å²) in [7, 11) is 0. The van der Waals surface area contributed by atoms with E-state index in [-0.39, 0.29) is 35.0 Å². The molecule has 4 N–H and O–H groups in total. The fourth-order valence-electron chi connectivity index (χ4n) is 12.7. The van der Waals surface area contributed by atoms with Crippen molar-refractivity contribution in [1.82, 2.24) is 4.57 Å². The molecule has 0 amide bonds. The maximum absolute atomic E-state index is 15.6. The SMILES string of the molecule is C/C=C\c1c(N)c2ccccc2n1-c1cc(C(C)(C)CCCCCCCC)cc(-c2cc(F)ccc2OCCCCOc2ccc(F)cc2-c2cc(C(C)(C)CCCCCCCC)cc(N3C4=C(CCC=C4)C4=CC=CCC43)c2O)c1O. The third-order valence-electron chi connectivity index (χ3n) is 17.5. The standard InChI is InChI=1S/C73H89F2N3O4/c1-8-11-13-15-17-25-40-72(4,5)50-44-59(70(79)65(46-50)77-61-33-22-19-30-54(61)55-31-20-23-34-62(55)77)57-48-52(74)36-38-67(57)81-42-27-28-43-82-68-39-37-53(75)49-58(68)60-45-51(73(6,7)41-26-18-16-14-12-9-2)47-66(71(60)80)78-63-35-24-21-32-56(63)69(76)64(78)29-10-3/h10,19,21-24,29-30,32,34-39,44-49,61,79-80H,8-9,11-18,20,25-28,31,33,40-43,76H2,1-7H3/b29-10-. The lowest BCUT2D eigenvalue weighted by molar-refractivity contribution is 0.267. The first-order valence-corrected chi connectivity index (χ1v) is 30.9. The van der Waals surface area contributed by atoms with E-state index in [1.54, 1.807) is 12.1 Å². The quantitative estimate of drug-likeness (QED) is 0.0424. The molecular weight excluding hydrogens is 1020 g/mol. The van der Waals surface area contributed by atoms with E-state index < -0.39 is 11.6 Å². The summed E-state index contributed by atoms with van der Waals surface area (Å²) in [5.41, 5.74) is 17.7. The molecule has 1 unspecified atom stereocenters. The number of ether oxygens (including phenoxy) is 2. The molecule has 0 saturated heterocycles. The van der Waals surface area contributed by atoms with Gasteiger partial charge in [-0.15, -0.1) is 0 Å². The molecule has 9 heteroatoms. The Balaban J connectivity index is 0.981. The molecule has 2 aliphatic carbocycles. The zero-order valence-electron chi connectivity index (χ0n) is 50.0. The van der Waals surface area contributed by atoms with E-state index in [9.17, 15) is 10.2 Å². The van der Waals surface area contributed by atoms with E-state index in [1.165, 1.54) is 93.2 Å². The van der Waals surface area contributed by atoms with E-state index in [1.807, 2.05) is 54.0 Å². The van der Waals surface area contributed by atoms with Crippen molar-refractivity contribution >= 4 is 28.4 Å². The molecule has 0 radical (unpaired) electrons. The second kappa shape index (κ2) is 26.9. The zero-order valence-corrected chi connectivity index (χ0v) is 50.0. The molecule has 1 aromatic heterocycles. The van der Waals surface area contributed by atoms with Gasteiger partial charge in [0.1, 0.15) is 34.6 Å². The first kappa shape index (κ1) is 59.6. The number of aromatic hydroxyl groups is 2.